The number of aliphatic hydroxyl groups excluding tert-OH is 2. The Morgan fingerprint density at radius 2 is 0.658 bits per heavy atom. The third kappa shape index (κ3) is 29.9. The van der Waals surface area contributed by atoms with Crippen LogP contribution in [0.25, 0.3) is 0 Å². The number of aliphatic hydroxyl groups is 2. The molecule has 3 N–H and O–H groups in total. The summed E-state index contributed by atoms with van der Waals surface area (Å²) in [6.07, 6.45) is 36.6. The molecule has 4 heteroatoms. The number of hydrogen-bond donors (Lipinski definition) is 3. The van der Waals surface area contributed by atoms with Gasteiger partial charge in [0.2, 0.25) is 0 Å². The highest BCUT2D eigenvalue weighted by Gasteiger charge is 2.18. The van der Waals surface area contributed by atoms with E-state index < -0.39 is 18.2 Å². The molecule has 2 atom stereocenters. The number of aliphatic carboxylic acids is 1. The molecule has 0 fully saturated rings. The van der Waals surface area contributed by atoms with E-state index in [1.807, 2.05) is 0 Å². The third-order valence-electron chi connectivity index (χ3n) is 8.18. The Labute approximate surface area is 237 Å². The van der Waals surface area contributed by atoms with Gasteiger partial charge in [-0.1, -0.05) is 187 Å². The fourth-order valence-electron chi connectivity index (χ4n) is 5.53. The second-order valence-electron chi connectivity index (χ2n) is 12.1. The topological polar surface area (TPSA) is 77.8 Å². The molecule has 0 radical (unpaired) electrons. The van der Waals surface area contributed by atoms with Gasteiger partial charge in [0.15, 0.2) is 0 Å². The van der Waals surface area contributed by atoms with E-state index in [-0.39, 0.29) is 6.42 Å². The molecule has 0 aromatic rings. The molecule has 0 heterocycles. The van der Waals surface area contributed by atoms with Gasteiger partial charge in [-0.2, -0.15) is 0 Å². The zero-order valence-corrected chi connectivity index (χ0v) is 25.6. The Balaban J connectivity index is 3.12. The first-order valence-corrected chi connectivity index (χ1v) is 17.2. The highest BCUT2D eigenvalue weighted by molar-refractivity contribution is 5.67. The minimum absolute atomic E-state index is 0.374. The van der Waals surface area contributed by atoms with E-state index in [1.165, 1.54) is 167 Å². The van der Waals surface area contributed by atoms with E-state index in [0.29, 0.717) is 6.42 Å². The first-order chi connectivity index (χ1) is 18.6. The first kappa shape index (κ1) is 37.4. The number of carboxylic acids is 1. The summed E-state index contributed by atoms with van der Waals surface area (Å²) in [5, 5.41) is 27.9. The molecule has 0 aromatic heterocycles. The van der Waals surface area contributed by atoms with Crippen LogP contribution in [0.2, 0.25) is 0 Å². The van der Waals surface area contributed by atoms with Crippen LogP contribution in [0.4, 0.5) is 0 Å². The number of carbonyl (C=O) groups is 1. The van der Waals surface area contributed by atoms with Crippen LogP contribution >= 0.6 is 0 Å². The van der Waals surface area contributed by atoms with Crippen molar-refractivity contribution in [2.45, 2.75) is 212 Å². The van der Waals surface area contributed by atoms with Gasteiger partial charge in [-0.25, -0.2) is 0 Å². The lowest BCUT2D eigenvalue weighted by atomic mass is 10.0. The van der Waals surface area contributed by atoms with Gasteiger partial charge in [0, 0.05) is 0 Å². The molecule has 0 saturated heterocycles. The van der Waals surface area contributed by atoms with Crippen molar-refractivity contribution in [2.75, 3.05) is 0 Å². The Bertz CT molecular complexity index is 467. The van der Waals surface area contributed by atoms with Crippen molar-refractivity contribution in [3.63, 3.8) is 0 Å². The second-order valence-corrected chi connectivity index (χ2v) is 12.1. The molecule has 228 valence electrons. The van der Waals surface area contributed by atoms with E-state index in [0.717, 1.165) is 12.8 Å². The fourth-order valence-corrected chi connectivity index (χ4v) is 5.53. The van der Waals surface area contributed by atoms with Crippen LogP contribution in [0.5, 0.6) is 0 Å². The molecule has 38 heavy (non-hydrogen) atoms. The maximum atomic E-state index is 10.5. The van der Waals surface area contributed by atoms with Gasteiger partial charge in [-0.05, 0) is 6.42 Å². The molecule has 4 nitrogen and oxygen atoms in total. The Morgan fingerprint density at radius 1 is 0.421 bits per heavy atom. The molecule has 0 rings (SSSR count). The number of carboxylic acid groups (broad SMARTS) is 1. The number of unbranched alkanes of at least 4 members (excludes halogenated alkanes) is 27. The summed E-state index contributed by atoms with van der Waals surface area (Å²) >= 11 is 0. The first-order valence-electron chi connectivity index (χ1n) is 17.2. The monoisotopic (exact) mass is 541 g/mol. The summed E-state index contributed by atoms with van der Waals surface area (Å²) in [6.45, 7) is 2.29. The maximum absolute atomic E-state index is 10.5. The molecule has 0 bridgehead atoms. The lowest BCUT2D eigenvalue weighted by Gasteiger charge is -2.15. The molecule has 0 saturated carbocycles. The van der Waals surface area contributed by atoms with Crippen molar-refractivity contribution in [1.29, 1.82) is 0 Å². The molecule has 0 aliphatic carbocycles. The van der Waals surface area contributed by atoms with Crippen LogP contribution in [0.15, 0.2) is 0 Å². The second kappa shape index (κ2) is 30.9. The normalized spacial score (nSPS) is 13.1. The molecule has 0 aliphatic rings. The van der Waals surface area contributed by atoms with Crippen molar-refractivity contribution in [1.82, 2.24) is 0 Å². The van der Waals surface area contributed by atoms with Crippen LogP contribution in [0, 0.1) is 0 Å². The van der Waals surface area contributed by atoms with E-state index in [1.54, 1.807) is 0 Å². The Kier molecular flexibility index (Phi) is 30.4. The SMILES string of the molecule is CCCCCCCCCCCCCCCCCCCCCCCCCCCCCCC(O)C(O)CC(=O)O. The molecule has 0 aliphatic heterocycles. The molecular formula is C34H68O4. The number of rotatable bonds is 32. The maximum Gasteiger partial charge on any atom is 0.306 e. The van der Waals surface area contributed by atoms with Gasteiger partial charge in [0.05, 0.1) is 18.6 Å². The van der Waals surface area contributed by atoms with Gasteiger partial charge in [0.25, 0.3) is 0 Å². The van der Waals surface area contributed by atoms with Crippen molar-refractivity contribution in [2.24, 2.45) is 0 Å². The predicted octanol–water partition coefficient (Wildman–Crippen LogP) is 10.5. The van der Waals surface area contributed by atoms with E-state index >= 15 is 0 Å². The van der Waals surface area contributed by atoms with Crippen LogP contribution in [-0.2, 0) is 4.79 Å². The van der Waals surface area contributed by atoms with E-state index in [4.69, 9.17) is 5.11 Å². The van der Waals surface area contributed by atoms with Gasteiger partial charge in [-0.15, -0.1) is 0 Å². The van der Waals surface area contributed by atoms with Crippen molar-refractivity contribution in [3.8, 4) is 0 Å². The molecule has 0 amide bonds. The van der Waals surface area contributed by atoms with Crippen molar-refractivity contribution in [3.05, 3.63) is 0 Å². The smallest absolute Gasteiger partial charge is 0.306 e. The van der Waals surface area contributed by atoms with Crippen molar-refractivity contribution >= 4 is 5.97 Å². The van der Waals surface area contributed by atoms with Crippen molar-refractivity contribution < 1.29 is 20.1 Å². The fraction of sp³-hybridized carbons (Fsp3) is 0.971. The third-order valence-corrected chi connectivity index (χ3v) is 8.18. The summed E-state index contributed by atoms with van der Waals surface area (Å²) in [4.78, 5) is 10.5. The summed E-state index contributed by atoms with van der Waals surface area (Å²) < 4.78 is 0. The van der Waals surface area contributed by atoms with Gasteiger partial charge < -0.3 is 15.3 Å². The zero-order chi connectivity index (χ0) is 27.9. The predicted molar refractivity (Wildman–Crippen MR) is 164 cm³/mol. The highest BCUT2D eigenvalue weighted by Crippen LogP contribution is 2.17. The van der Waals surface area contributed by atoms with E-state index in [9.17, 15) is 15.0 Å². The molecule has 0 spiro atoms. The lowest BCUT2D eigenvalue weighted by molar-refractivity contribution is -0.141. The average Bonchev–Trinajstić information content (AvgIpc) is 2.89. The van der Waals surface area contributed by atoms with Crippen LogP contribution < -0.4 is 0 Å². The van der Waals surface area contributed by atoms with Gasteiger partial charge >= 0.3 is 5.97 Å². The zero-order valence-electron chi connectivity index (χ0n) is 25.6. The molecule has 0 aromatic carbocycles. The minimum atomic E-state index is -1.14. The lowest BCUT2D eigenvalue weighted by Crippen LogP contribution is -2.28. The quantitative estimate of drug-likeness (QED) is 0.0741. The Morgan fingerprint density at radius 3 is 0.895 bits per heavy atom. The molecule has 2 unspecified atom stereocenters. The summed E-state index contributed by atoms with van der Waals surface area (Å²) in [5.74, 6) is -1.06. The summed E-state index contributed by atoms with van der Waals surface area (Å²) in [5.41, 5.74) is 0. The molecular weight excluding hydrogens is 472 g/mol. The van der Waals surface area contributed by atoms with E-state index in [2.05, 4.69) is 6.92 Å². The largest absolute Gasteiger partial charge is 0.481 e. The average molecular weight is 541 g/mol. The Hall–Kier alpha value is -0.610. The number of hydrogen-bond acceptors (Lipinski definition) is 3. The van der Waals surface area contributed by atoms with Crippen LogP contribution in [-0.4, -0.2) is 33.5 Å². The standard InChI is InChI=1S/C34H68O4/c1-2-3-4-5-6-7-8-9-10-11-12-13-14-15-16-17-18-19-20-21-22-23-24-25-26-27-28-29-30-32(35)33(36)31-34(37)38/h32-33,35-36H,2-31H2,1H3,(H,37,38). The summed E-state index contributed by atoms with van der Waals surface area (Å²) in [7, 11) is 0. The van der Waals surface area contributed by atoms with Gasteiger partial charge in [-0.3, -0.25) is 4.79 Å². The summed E-state index contributed by atoms with van der Waals surface area (Å²) in [6, 6.07) is 0. The van der Waals surface area contributed by atoms with Crippen LogP contribution in [0.3, 0.4) is 0 Å². The minimum Gasteiger partial charge on any atom is -0.481 e. The van der Waals surface area contributed by atoms with Crippen LogP contribution in [0.1, 0.15) is 200 Å². The highest BCUT2D eigenvalue weighted by atomic mass is 16.4. The van der Waals surface area contributed by atoms with Gasteiger partial charge in [0.1, 0.15) is 0 Å².